The van der Waals surface area contributed by atoms with Crippen molar-refractivity contribution in [2.75, 3.05) is 31.3 Å². The van der Waals surface area contributed by atoms with Crippen molar-refractivity contribution in [2.24, 2.45) is 0 Å². The van der Waals surface area contributed by atoms with Crippen LogP contribution < -0.4 is 14.8 Å². The Balaban J connectivity index is 1.32. The average molecular weight is 460 g/mol. The van der Waals surface area contributed by atoms with Gasteiger partial charge in [0.05, 0.1) is 5.69 Å². The number of hydrogen-bond donors (Lipinski definition) is 1. The van der Waals surface area contributed by atoms with Crippen LogP contribution in [0.25, 0.3) is 22.0 Å². The maximum Gasteiger partial charge on any atom is 0.257 e. The fourth-order valence-electron chi connectivity index (χ4n) is 4.06. The summed E-state index contributed by atoms with van der Waals surface area (Å²) in [5.41, 5.74) is 3.03. The molecule has 1 aliphatic heterocycles. The van der Waals surface area contributed by atoms with E-state index < -0.39 is 0 Å². The SMILES string of the molecule is CSC(CNc1cc(-c2ccc3ccncc3c2)ncn1)C(C)c1ccnc2c1OCCO2. The fourth-order valence-corrected chi connectivity index (χ4v) is 4.86. The molecule has 5 rings (SSSR count). The molecule has 8 heteroatoms. The van der Waals surface area contributed by atoms with Crippen molar-refractivity contribution in [2.45, 2.75) is 18.1 Å². The molecule has 1 aromatic carbocycles. The normalized spacial score (nSPS) is 14.6. The molecule has 0 saturated carbocycles. The Morgan fingerprint density at radius 2 is 1.91 bits per heavy atom. The van der Waals surface area contributed by atoms with E-state index in [1.165, 1.54) is 0 Å². The van der Waals surface area contributed by atoms with Crippen LogP contribution in [-0.4, -0.2) is 51.2 Å². The first kappa shape index (κ1) is 21.5. The van der Waals surface area contributed by atoms with E-state index in [4.69, 9.17) is 9.47 Å². The van der Waals surface area contributed by atoms with Gasteiger partial charge in [0.15, 0.2) is 5.75 Å². The van der Waals surface area contributed by atoms with Crippen molar-refractivity contribution >= 4 is 28.4 Å². The number of nitrogens with zero attached hydrogens (tertiary/aromatic N) is 4. The van der Waals surface area contributed by atoms with E-state index in [2.05, 4.69) is 56.6 Å². The molecule has 33 heavy (non-hydrogen) atoms. The van der Waals surface area contributed by atoms with E-state index in [0.29, 0.717) is 24.3 Å². The third-order valence-electron chi connectivity index (χ3n) is 5.91. The van der Waals surface area contributed by atoms with Crippen LogP contribution >= 0.6 is 11.8 Å². The Hall–Kier alpha value is -3.39. The summed E-state index contributed by atoms with van der Waals surface area (Å²) in [6.45, 7) is 4.05. The second kappa shape index (κ2) is 9.62. The number of fused-ring (bicyclic) bond motifs is 2. The van der Waals surface area contributed by atoms with Crippen molar-refractivity contribution < 1.29 is 9.47 Å². The minimum Gasteiger partial charge on any atom is -0.484 e. The monoisotopic (exact) mass is 459 g/mol. The molecular weight excluding hydrogens is 434 g/mol. The van der Waals surface area contributed by atoms with E-state index >= 15 is 0 Å². The second-order valence-corrected chi connectivity index (χ2v) is 8.98. The van der Waals surface area contributed by atoms with Gasteiger partial charge in [-0.1, -0.05) is 19.1 Å². The zero-order valence-corrected chi connectivity index (χ0v) is 19.4. The number of rotatable bonds is 7. The van der Waals surface area contributed by atoms with E-state index in [1.54, 1.807) is 18.7 Å². The molecule has 0 fully saturated rings. The van der Waals surface area contributed by atoms with Gasteiger partial charge in [-0.15, -0.1) is 0 Å². The predicted octanol–water partition coefficient (Wildman–Crippen LogP) is 4.81. The molecule has 4 heterocycles. The summed E-state index contributed by atoms with van der Waals surface area (Å²) < 4.78 is 11.5. The molecule has 0 bridgehead atoms. The third-order valence-corrected chi connectivity index (χ3v) is 7.09. The number of hydrogen-bond acceptors (Lipinski definition) is 8. The molecule has 3 aromatic heterocycles. The van der Waals surface area contributed by atoms with E-state index in [0.717, 1.165) is 45.7 Å². The van der Waals surface area contributed by atoms with Crippen LogP contribution in [0.2, 0.25) is 0 Å². The summed E-state index contributed by atoms with van der Waals surface area (Å²) in [7, 11) is 0. The first-order valence-electron chi connectivity index (χ1n) is 10.9. The highest BCUT2D eigenvalue weighted by molar-refractivity contribution is 7.99. The molecule has 0 spiro atoms. The summed E-state index contributed by atoms with van der Waals surface area (Å²) >= 11 is 1.82. The van der Waals surface area contributed by atoms with Gasteiger partial charge in [-0.2, -0.15) is 11.8 Å². The number of aromatic nitrogens is 4. The van der Waals surface area contributed by atoms with Crippen LogP contribution in [0.3, 0.4) is 0 Å². The van der Waals surface area contributed by atoms with Crippen molar-refractivity contribution in [1.29, 1.82) is 0 Å². The van der Waals surface area contributed by atoms with Gasteiger partial charge in [-0.05, 0) is 35.8 Å². The smallest absolute Gasteiger partial charge is 0.257 e. The predicted molar refractivity (Wildman–Crippen MR) is 132 cm³/mol. The molecule has 7 nitrogen and oxygen atoms in total. The highest BCUT2D eigenvalue weighted by Crippen LogP contribution is 2.39. The van der Waals surface area contributed by atoms with Gasteiger partial charge in [0.2, 0.25) is 0 Å². The number of nitrogens with one attached hydrogen (secondary N) is 1. The van der Waals surface area contributed by atoms with Crippen LogP contribution in [0.1, 0.15) is 18.4 Å². The molecule has 168 valence electrons. The van der Waals surface area contributed by atoms with Crippen LogP contribution in [0.15, 0.2) is 61.3 Å². The standard InChI is InChI=1S/C25H25N5O2S/c1-16(20-6-8-27-25-24(20)31-9-10-32-25)22(33-2)14-28-23-12-21(29-15-30-23)18-4-3-17-5-7-26-13-19(17)11-18/h3-8,11-13,15-16,22H,9-10,14H2,1-2H3,(H,28,29,30). The first-order chi connectivity index (χ1) is 16.2. The highest BCUT2D eigenvalue weighted by atomic mass is 32.2. The van der Waals surface area contributed by atoms with Crippen molar-refractivity contribution in [3.8, 4) is 22.9 Å². The lowest BCUT2D eigenvalue weighted by molar-refractivity contribution is 0.162. The number of anilines is 1. The molecule has 1 aliphatic rings. The number of pyridine rings is 2. The topological polar surface area (TPSA) is 82.1 Å². The summed E-state index contributed by atoms with van der Waals surface area (Å²) in [6.07, 6.45) is 9.20. The quantitative estimate of drug-likeness (QED) is 0.422. The molecule has 1 N–H and O–H groups in total. The maximum absolute atomic E-state index is 5.89. The third kappa shape index (κ3) is 4.57. The van der Waals surface area contributed by atoms with E-state index in [1.807, 2.05) is 36.2 Å². The Morgan fingerprint density at radius 1 is 1.00 bits per heavy atom. The van der Waals surface area contributed by atoms with Gasteiger partial charge >= 0.3 is 0 Å². The zero-order chi connectivity index (χ0) is 22.6. The summed E-state index contributed by atoms with van der Waals surface area (Å²) in [4.78, 5) is 17.4. The molecule has 4 aromatic rings. The Kier molecular flexibility index (Phi) is 6.26. The van der Waals surface area contributed by atoms with Gasteiger partial charge in [-0.3, -0.25) is 4.98 Å². The van der Waals surface area contributed by atoms with Crippen LogP contribution in [0, 0.1) is 0 Å². The maximum atomic E-state index is 5.89. The Bertz CT molecular complexity index is 1270. The Labute approximate surface area is 197 Å². The van der Waals surface area contributed by atoms with Gasteiger partial charge in [0.25, 0.3) is 5.88 Å². The zero-order valence-electron chi connectivity index (χ0n) is 18.6. The van der Waals surface area contributed by atoms with Gasteiger partial charge in [0, 0.05) is 53.0 Å². The number of benzene rings is 1. The van der Waals surface area contributed by atoms with Gasteiger partial charge < -0.3 is 14.8 Å². The molecule has 2 unspecified atom stereocenters. The van der Waals surface area contributed by atoms with Crippen molar-refractivity contribution in [3.63, 3.8) is 0 Å². The Morgan fingerprint density at radius 3 is 2.82 bits per heavy atom. The lowest BCUT2D eigenvalue weighted by atomic mass is 9.97. The molecular formula is C25H25N5O2S. The van der Waals surface area contributed by atoms with Gasteiger partial charge in [-0.25, -0.2) is 15.0 Å². The van der Waals surface area contributed by atoms with E-state index in [9.17, 15) is 0 Å². The molecule has 0 saturated heterocycles. The average Bonchev–Trinajstić information content (AvgIpc) is 2.88. The van der Waals surface area contributed by atoms with Gasteiger partial charge in [0.1, 0.15) is 25.4 Å². The molecule has 0 radical (unpaired) electrons. The largest absolute Gasteiger partial charge is 0.484 e. The van der Waals surface area contributed by atoms with Crippen LogP contribution in [-0.2, 0) is 0 Å². The van der Waals surface area contributed by atoms with Crippen molar-refractivity contribution in [1.82, 2.24) is 19.9 Å². The minimum atomic E-state index is 0.236. The fraction of sp³-hybridized carbons (Fsp3) is 0.280. The summed E-state index contributed by atoms with van der Waals surface area (Å²) in [5.74, 6) is 2.39. The number of ether oxygens (including phenoxy) is 2. The van der Waals surface area contributed by atoms with Crippen LogP contribution in [0.5, 0.6) is 11.6 Å². The van der Waals surface area contributed by atoms with Crippen molar-refractivity contribution in [3.05, 3.63) is 66.9 Å². The summed E-state index contributed by atoms with van der Waals surface area (Å²) in [5, 5.41) is 6.05. The molecule has 0 amide bonds. The van der Waals surface area contributed by atoms with Crippen LogP contribution in [0.4, 0.5) is 5.82 Å². The second-order valence-electron chi connectivity index (χ2n) is 7.90. The first-order valence-corrected chi connectivity index (χ1v) is 12.2. The lowest BCUT2D eigenvalue weighted by Crippen LogP contribution is -2.25. The number of thioether (sulfide) groups is 1. The lowest BCUT2D eigenvalue weighted by Gasteiger charge is -2.27. The highest BCUT2D eigenvalue weighted by Gasteiger charge is 2.26. The molecule has 2 atom stereocenters. The minimum absolute atomic E-state index is 0.236. The summed E-state index contributed by atoms with van der Waals surface area (Å²) in [6, 6.07) is 12.3. The van der Waals surface area contributed by atoms with E-state index in [-0.39, 0.29) is 5.92 Å². The molecule has 0 aliphatic carbocycles.